The second-order valence-electron chi connectivity index (χ2n) is 5.36. The summed E-state index contributed by atoms with van der Waals surface area (Å²) in [5.74, 6) is -0.386. The molecule has 0 unspecified atom stereocenters. The zero-order chi connectivity index (χ0) is 17.3. The van der Waals surface area contributed by atoms with Gasteiger partial charge in [-0.2, -0.15) is 0 Å². The van der Waals surface area contributed by atoms with E-state index >= 15 is 0 Å². The van der Waals surface area contributed by atoms with Crippen molar-refractivity contribution in [2.45, 2.75) is 13.0 Å². The number of carbonyl (C=O) groups is 1. The molecular weight excluding hydrogens is 378 g/mol. The van der Waals surface area contributed by atoms with Gasteiger partial charge in [0.25, 0.3) is 0 Å². The maximum absolute atomic E-state index is 11.6. The molecule has 2 aromatic rings. The van der Waals surface area contributed by atoms with Crippen molar-refractivity contribution in [3.8, 4) is 0 Å². The monoisotopic (exact) mass is 391 g/mol. The van der Waals surface area contributed by atoms with Gasteiger partial charge in [-0.15, -0.1) is 0 Å². The van der Waals surface area contributed by atoms with Gasteiger partial charge in [-0.1, -0.05) is 28.1 Å². The summed E-state index contributed by atoms with van der Waals surface area (Å²) < 4.78 is 5.64. The standard InChI is InChI=1S/C16H14BrN3O4/c1-24-16(21)11-7-14(20(22)23)15(18-8-11)19-6-5-12-10(9-19)3-2-4-13(12)17/h2-4,7-8H,5-6,9H2,1H3. The zero-order valence-electron chi connectivity index (χ0n) is 12.9. The predicted molar refractivity (Wildman–Crippen MR) is 91.1 cm³/mol. The number of fused-ring (bicyclic) bond motifs is 1. The van der Waals surface area contributed by atoms with E-state index in [1.807, 2.05) is 23.1 Å². The van der Waals surface area contributed by atoms with Crippen molar-refractivity contribution in [2.24, 2.45) is 0 Å². The Labute approximate surface area is 146 Å². The molecule has 0 saturated heterocycles. The van der Waals surface area contributed by atoms with E-state index in [4.69, 9.17) is 0 Å². The van der Waals surface area contributed by atoms with Crippen LogP contribution in [0.2, 0.25) is 0 Å². The quantitative estimate of drug-likeness (QED) is 0.453. The average Bonchev–Trinajstić information content (AvgIpc) is 2.60. The minimum Gasteiger partial charge on any atom is -0.465 e. The molecule has 1 aliphatic heterocycles. The number of halogens is 1. The third-order valence-corrected chi connectivity index (χ3v) is 4.72. The Kier molecular flexibility index (Phi) is 4.48. The van der Waals surface area contributed by atoms with Crippen molar-refractivity contribution in [3.05, 3.63) is 61.7 Å². The summed E-state index contributed by atoms with van der Waals surface area (Å²) in [7, 11) is 1.22. The molecule has 1 aromatic heterocycles. The van der Waals surface area contributed by atoms with Crippen molar-refractivity contribution in [1.29, 1.82) is 0 Å². The number of methoxy groups -OCH3 is 1. The van der Waals surface area contributed by atoms with Crippen LogP contribution in [0.15, 0.2) is 34.9 Å². The van der Waals surface area contributed by atoms with Crippen LogP contribution in [0.4, 0.5) is 11.5 Å². The Balaban J connectivity index is 1.98. The number of ether oxygens (including phenoxy) is 1. The minimum atomic E-state index is -0.648. The van der Waals surface area contributed by atoms with Crippen molar-refractivity contribution in [1.82, 2.24) is 4.98 Å². The molecule has 3 rings (SSSR count). The van der Waals surface area contributed by atoms with E-state index in [-0.39, 0.29) is 17.1 Å². The number of esters is 1. The maximum atomic E-state index is 11.6. The highest BCUT2D eigenvalue weighted by molar-refractivity contribution is 9.10. The zero-order valence-corrected chi connectivity index (χ0v) is 14.4. The van der Waals surface area contributed by atoms with Gasteiger partial charge in [-0.05, 0) is 23.6 Å². The van der Waals surface area contributed by atoms with E-state index in [1.165, 1.54) is 24.9 Å². The van der Waals surface area contributed by atoms with E-state index < -0.39 is 10.9 Å². The SMILES string of the molecule is COC(=O)c1cnc(N2CCc3c(Br)cccc3C2)c([N+](=O)[O-])c1. The summed E-state index contributed by atoms with van der Waals surface area (Å²) in [5.41, 5.74) is 2.18. The summed E-state index contributed by atoms with van der Waals surface area (Å²) in [4.78, 5) is 28.5. The number of rotatable bonds is 3. The smallest absolute Gasteiger partial charge is 0.339 e. The molecule has 0 amide bonds. The van der Waals surface area contributed by atoms with Crippen molar-refractivity contribution in [3.63, 3.8) is 0 Å². The highest BCUT2D eigenvalue weighted by Gasteiger charge is 2.27. The number of anilines is 1. The summed E-state index contributed by atoms with van der Waals surface area (Å²) in [6.07, 6.45) is 2.07. The van der Waals surface area contributed by atoms with E-state index in [0.717, 1.165) is 16.5 Å². The molecule has 1 aromatic carbocycles. The third-order valence-electron chi connectivity index (χ3n) is 3.97. The molecule has 0 bridgehead atoms. The lowest BCUT2D eigenvalue weighted by Crippen LogP contribution is -2.31. The van der Waals surface area contributed by atoms with Crippen LogP contribution in [0, 0.1) is 10.1 Å². The van der Waals surface area contributed by atoms with Gasteiger partial charge in [-0.3, -0.25) is 10.1 Å². The molecule has 2 heterocycles. The van der Waals surface area contributed by atoms with Crippen molar-refractivity contribution < 1.29 is 14.5 Å². The number of carbonyl (C=O) groups excluding carboxylic acids is 1. The predicted octanol–water partition coefficient (Wildman–Crippen LogP) is 3.10. The number of benzene rings is 1. The normalized spacial score (nSPS) is 13.3. The molecule has 24 heavy (non-hydrogen) atoms. The summed E-state index contributed by atoms with van der Waals surface area (Å²) in [5, 5.41) is 11.4. The Bertz CT molecular complexity index is 825. The molecule has 0 fully saturated rings. The first-order valence-corrected chi connectivity index (χ1v) is 8.04. The Morgan fingerprint density at radius 3 is 2.96 bits per heavy atom. The minimum absolute atomic E-state index is 0.0631. The van der Waals surface area contributed by atoms with Gasteiger partial charge in [-0.25, -0.2) is 9.78 Å². The number of nitro groups is 1. The number of pyridine rings is 1. The first kappa shape index (κ1) is 16.4. The molecule has 124 valence electrons. The van der Waals surface area contributed by atoms with Crippen LogP contribution in [0.25, 0.3) is 0 Å². The van der Waals surface area contributed by atoms with Gasteiger partial charge in [0.15, 0.2) is 0 Å². The Hall–Kier alpha value is -2.48. The highest BCUT2D eigenvalue weighted by atomic mass is 79.9. The number of hydrogen-bond donors (Lipinski definition) is 0. The van der Waals surface area contributed by atoms with Crippen LogP contribution in [-0.4, -0.2) is 29.5 Å². The van der Waals surface area contributed by atoms with E-state index in [9.17, 15) is 14.9 Å². The summed E-state index contributed by atoms with van der Waals surface area (Å²) in [6, 6.07) is 7.14. The van der Waals surface area contributed by atoms with Crippen LogP contribution < -0.4 is 4.90 Å². The van der Waals surface area contributed by atoms with Gasteiger partial charge in [0.2, 0.25) is 5.82 Å². The van der Waals surface area contributed by atoms with Crippen molar-refractivity contribution in [2.75, 3.05) is 18.6 Å². The lowest BCUT2D eigenvalue weighted by molar-refractivity contribution is -0.384. The fraction of sp³-hybridized carbons (Fsp3) is 0.250. The number of nitrogens with zero attached hydrogens (tertiary/aromatic N) is 3. The molecule has 8 heteroatoms. The van der Waals surface area contributed by atoms with E-state index in [1.54, 1.807) is 0 Å². The highest BCUT2D eigenvalue weighted by Crippen LogP contribution is 2.33. The van der Waals surface area contributed by atoms with Crippen LogP contribution in [-0.2, 0) is 17.7 Å². The Morgan fingerprint density at radius 2 is 2.25 bits per heavy atom. The van der Waals surface area contributed by atoms with Gasteiger partial charge >= 0.3 is 11.7 Å². The van der Waals surface area contributed by atoms with Gasteiger partial charge in [0, 0.05) is 29.8 Å². The van der Waals surface area contributed by atoms with Crippen molar-refractivity contribution >= 4 is 33.4 Å². The molecule has 0 spiro atoms. The first-order valence-electron chi connectivity index (χ1n) is 7.25. The van der Waals surface area contributed by atoms with Gasteiger partial charge in [0.1, 0.15) is 0 Å². The van der Waals surface area contributed by atoms with Gasteiger partial charge in [0.05, 0.1) is 17.6 Å². The van der Waals surface area contributed by atoms with Crippen LogP contribution in [0.3, 0.4) is 0 Å². The molecule has 0 atom stereocenters. The van der Waals surface area contributed by atoms with E-state index in [0.29, 0.717) is 13.1 Å². The Morgan fingerprint density at radius 1 is 1.46 bits per heavy atom. The molecule has 1 aliphatic rings. The second kappa shape index (κ2) is 6.56. The molecule has 0 aliphatic carbocycles. The maximum Gasteiger partial charge on any atom is 0.339 e. The lowest BCUT2D eigenvalue weighted by atomic mass is 10.00. The molecular formula is C16H14BrN3O4. The van der Waals surface area contributed by atoms with Gasteiger partial charge < -0.3 is 9.64 Å². The third kappa shape index (κ3) is 2.96. The van der Waals surface area contributed by atoms with E-state index in [2.05, 4.69) is 25.7 Å². The number of hydrogen-bond acceptors (Lipinski definition) is 6. The summed E-state index contributed by atoms with van der Waals surface area (Å²) >= 11 is 3.54. The summed E-state index contributed by atoms with van der Waals surface area (Å²) in [6.45, 7) is 1.14. The van der Waals surface area contributed by atoms with Crippen LogP contribution >= 0.6 is 15.9 Å². The topological polar surface area (TPSA) is 85.6 Å². The largest absolute Gasteiger partial charge is 0.465 e. The average molecular weight is 392 g/mol. The first-order chi connectivity index (χ1) is 11.5. The lowest BCUT2D eigenvalue weighted by Gasteiger charge is -2.30. The molecule has 0 saturated carbocycles. The van der Waals surface area contributed by atoms with Crippen LogP contribution in [0.1, 0.15) is 21.5 Å². The molecule has 0 radical (unpaired) electrons. The number of aromatic nitrogens is 1. The fourth-order valence-electron chi connectivity index (χ4n) is 2.80. The fourth-order valence-corrected chi connectivity index (χ4v) is 3.40. The second-order valence-corrected chi connectivity index (χ2v) is 6.22. The molecule has 7 nitrogen and oxygen atoms in total. The van der Waals surface area contributed by atoms with Crippen LogP contribution in [0.5, 0.6) is 0 Å². The molecule has 0 N–H and O–H groups in total.